The first-order valence-electron chi connectivity index (χ1n) is 15.2. The van der Waals surface area contributed by atoms with Crippen molar-refractivity contribution >= 4 is 17.3 Å². The molecule has 0 radical (unpaired) electrons. The first-order chi connectivity index (χ1) is 18.5. The average molecular weight is 515 g/mol. The van der Waals surface area contributed by atoms with Crippen molar-refractivity contribution in [3.8, 4) is 0 Å². The van der Waals surface area contributed by atoms with E-state index in [0.29, 0.717) is 54.9 Å². The van der Waals surface area contributed by atoms with Gasteiger partial charge in [0.25, 0.3) is 0 Å². The highest BCUT2D eigenvalue weighted by atomic mass is 16.1. The molecule has 0 unspecified atom stereocenters. The third kappa shape index (κ3) is 7.74. The van der Waals surface area contributed by atoms with Gasteiger partial charge in [-0.25, -0.2) is 0 Å². The van der Waals surface area contributed by atoms with Crippen molar-refractivity contribution in [2.24, 2.45) is 11.8 Å². The Morgan fingerprint density at radius 2 is 0.895 bits per heavy atom. The van der Waals surface area contributed by atoms with E-state index < -0.39 is 0 Å². The van der Waals surface area contributed by atoms with E-state index in [4.69, 9.17) is 0 Å². The molecule has 2 aromatic rings. The predicted octanol–water partition coefficient (Wildman–Crippen LogP) is 8.33. The van der Waals surface area contributed by atoms with E-state index in [1.54, 1.807) is 0 Å². The van der Waals surface area contributed by atoms with Gasteiger partial charge in [-0.2, -0.15) is 0 Å². The molecule has 4 rings (SSSR count). The molecule has 2 aromatic carbocycles. The molecular weight excluding hydrogens is 468 g/mol. The van der Waals surface area contributed by atoms with Gasteiger partial charge in [-0.3, -0.25) is 14.4 Å². The molecule has 2 aliphatic carbocycles. The lowest BCUT2D eigenvalue weighted by molar-refractivity contribution is -0.124. The van der Waals surface area contributed by atoms with Crippen LogP contribution in [0.5, 0.6) is 0 Å². The van der Waals surface area contributed by atoms with E-state index in [0.717, 1.165) is 64.2 Å². The maximum Gasteiger partial charge on any atom is 0.135 e. The number of rotatable bonds is 12. The van der Waals surface area contributed by atoms with Crippen molar-refractivity contribution in [2.75, 3.05) is 0 Å². The number of benzene rings is 2. The summed E-state index contributed by atoms with van der Waals surface area (Å²) in [4.78, 5) is 36.5. The van der Waals surface area contributed by atoms with Crippen LogP contribution in [0.3, 0.4) is 0 Å². The molecule has 0 amide bonds. The largest absolute Gasteiger partial charge is 0.300 e. The highest BCUT2D eigenvalue weighted by molar-refractivity contribution is 5.81. The maximum absolute atomic E-state index is 12.6. The zero-order valence-electron chi connectivity index (χ0n) is 23.6. The fourth-order valence-electron chi connectivity index (χ4n) is 6.68. The van der Waals surface area contributed by atoms with Gasteiger partial charge in [0.2, 0.25) is 0 Å². The van der Waals surface area contributed by atoms with Gasteiger partial charge in [-0.05, 0) is 98.3 Å². The molecule has 2 fully saturated rings. The van der Waals surface area contributed by atoms with Crippen molar-refractivity contribution in [1.29, 1.82) is 0 Å². The van der Waals surface area contributed by atoms with Crippen molar-refractivity contribution in [3.63, 3.8) is 0 Å². The molecule has 2 aliphatic rings. The topological polar surface area (TPSA) is 51.2 Å². The summed E-state index contributed by atoms with van der Waals surface area (Å²) >= 11 is 0. The number of hydrogen-bond acceptors (Lipinski definition) is 3. The van der Waals surface area contributed by atoms with Gasteiger partial charge in [-0.1, -0.05) is 62.4 Å². The summed E-state index contributed by atoms with van der Waals surface area (Å²) < 4.78 is 0. The minimum Gasteiger partial charge on any atom is -0.300 e. The standard InChI is InChI=1S/C35H46O3/c1-3-34(37)31-19-15-29(16-20-31)27-11-5-25(6-12-27)9-23-33(36)24-10-26-7-13-28(14-8-26)30-17-21-32(22-18-30)35(38)4-2/h5-8,11-14,29-32H,3-4,9-10,15-24H2,1-2H3/t29-,30?,31-,32?. The van der Waals surface area contributed by atoms with Crippen LogP contribution in [-0.2, 0) is 27.2 Å². The first kappa shape index (κ1) is 28.5. The second-order valence-corrected chi connectivity index (χ2v) is 11.8. The number of ketones is 3. The van der Waals surface area contributed by atoms with Gasteiger partial charge >= 0.3 is 0 Å². The Hall–Kier alpha value is -2.55. The number of carbonyl (C=O) groups is 3. The number of carbonyl (C=O) groups excluding carboxylic acids is 3. The molecule has 0 heterocycles. The molecule has 3 nitrogen and oxygen atoms in total. The Balaban J connectivity index is 1.16. The van der Waals surface area contributed by atoms with Crippen molar-refractivity contribution in [3.05, 3.63) is 70.8 Å². The average Bonchev–Trinajstić information content (AvgIpc) is 2.99. The summed E-state index contributed by atoms with van der Waals surface area (Å²) in [5, 5.41) is 0. The highest BCUT2D eigenvalue weighted by Crippen LogP contribution is 2.37. The van der Waals surface area contributed by atoms with E-state index in [1.165, 1.54) is 22.3 Å². The van der Waals surface area contributed by atoms with Crippen LogP contribution >= 0.6 is 0 Å². The highest BCUT2D eigenvalue weighted by Gasteiger charge is 2.27. The summed E-state index contributed by atoms with van der Waals surface area (Å²) in [7, 11) is 0. The van der Waals surface area contributed by atoms with Crippen LogP contribution in [0, 0.1) is 11.8 Å². The molecule has 2 saturated carbocycles. The Labute approximate surface area is 229 Å². The van der Waals surface area contributed by atoms with Crippen LogP contribution < -0.4 is 0 Å². The monoisotopic (exact) mass is 514 g/mol. The summed E-state index contributed by atoms with van der Waals surface area (Å²) in [5.41, 5.74) is 5.23. The molecule has 0 N–H and O–H groups in total. The zero-order valence-corrected chi connectivity index (χ0v) is 23.6. The molecule has 0 aliphatic heterocycles. The summed E-state index contributed by atoms with van der Waals surface area (Å²) in [6.45, 7) is 3.95. The smallest absolute Gasteiger partial charge is 0.135 e. The van der Waals surface area contributed by atoms with Gasteiger partial charge < -0.3 is 0 Å². The Bertz CT molecular complexity index is 964. The molecule has 0 spiro atoms. The Kier molecular flexibility index (Phi) is 10.5. The lowest BCUT2D eigenvalue weighted by atomic mass is 9.76. The number of aryl methyl sites for hydroxylation is 2. The molecule has 0 bridgehead atoms. The zero-order chi connectivity index (χ0) is 26.9. The molecule has 204 valence electrons. The normalized spacial score (nSPS) is 23.6. The second kappa shape index (κ2) is 14.0. The Morgan fingerprint density at radius 1 is 0.553 bits per heavy atom. The van der Waals surface area contributed by atoms with Gasteiger partial charge in [-0.15, -0.1) is 0 Å². The molecular formula is C35H46O3. The fraction of sp³-hybridized carbons (Fsp3) is 0.571. The lowest BCUT2D eigenvalue weighted by Crippen LogP contribution is -2.20. The SMILES string of the molecule is CCC(=O)C1CCC(c2ccc(CCC(=O)CCc3ccc([C@H]4CC[C@H](C(=O)CC)CC4)cc3)cc2)CC1. The fourth-order valence-corrected chi connectivity index (χ4v) is 6.68. The molecule has 38 heavy (non-hydrogen) atoms. The van der Waals surface area contributed by atoms with Crippen LogP contribution in [0.25, 0.3) is 0 Å². The second-order valence-electron chi connectivity index (χ2n) is 11.8. The van der Waals surface area contributed by atoms with Crippen molar-refractivity contribution < 1.29 is 14.4 Å². The minimum absolute atomic E-state index is 0.280. The van der Waals surface area contributed by atoms with E-state index in [9.17, 15) is 14.4 Å². The van der Waals surface area contributed by atoms with Crippen LogP contribution in [0.4, 0.5) is 0 Å². The van der Waals surface area contributed by atoms with E-state index >= 15 is 0 Å². The van der Waals surface area contributed by atoms with Crippen molar-refractivity contribution in [1.82, 2.24) is 0 Å². The van der Waals surface area contributed by atoms with E-state index in [1.807, 2.05) is 13.8 Å². The van der Waals surface area contributed by atoms with Crippen LogP contribution in [0.2, 0.25) is 0 Å². The van der Waals surface area contributed by atoms with Gasteiger partial charge in [0, 0.05) is 37.5 Å². The molecule has 0 saturated heterocycles. The quantitative estimate of drug-likeness (QED) is 0.286. The third-order valence-corrected chi connectivity index (χ3v) is 9.35. The lowest BCUT2D eigenvalue weighted by Gasteiger charge is -2.28. The third-order valence-electron chi connectivity index (χ3n) is 9.35. The van der Waals surface area contributed by atoms with Gasteiger partial charge in [0.05, 0.1) is 0 Å². The summed E-state index contributed by atoms with van der Waals surface area (Å²) in [6.07, 6.45) is 12.7. The predicted molar refractivity (Wildman–Crippen MR) is 155 cm³/mol. The number of hydrogen-bond donors (Lipinski definition) is 0. The molecule has 0 atom stereocenters. The summed E-state index contributed by atoms with van der Waals surface area (Å²) in [5.74, 6) is 2.89. The van der Waals surface area contributed by atoms with Crippen molar-refractivity contribution in [2.45, 2.75) is 116 Å². The van der Waals surface area contributed by atoms with Crippen LogP contribution in [-0.4, -0.2) is 17.3 Å². The van der Waals surface area contributed by atoms with Gasteiger partial charge in [0.15, 0.2) is 0 Å². The Morgan fingerprint density at radius 3 is 1.21 bits per heavy atom. The molecule has 3 heteroatoms. The number of Topliss-reactive ketones (excluding diaryl/α,β-unsaturated/α-hetero) is 3. The maximum atomic E-state index is 12.6. The first-order valence-corrected chi connectivity index (χ1v) is 15.2. The van der Waals surface area contributed by atoms with E-state index in [2.05, 4.69) is 48.5 Å². The van der Waals surface area contributed by atoms with E-state index in [-0.39, 0.29) is 11.8 Å². The van der Waals surface area contributed by atoms with Gasteiger partial charge in [0.1, 0.15) is 17.3 Å². The van der Waals surface area contributed by atoms with Crippen LogP contribution in [0.15, 0.2) is 48.5 Å². The summed E-state index contributed by atoms with van der Waals surface area (Å²) in [6, 6.07) is 17.7. The molecule has 0 aromatic heterocycles. The van der Waals surface area contributed by atoms with Crippen LogP contribution in [0.1, 0.15) is 125 Å². The minimum atomic E-state index is 0.280.